The Hall–Kier alpha value is -2.69. The van der Waals surface area contributed by atoms with Crippen LogP contribution in [0.4, 0.5) is 5.69 Å². The Kier molecular flexibility index (Phi) is 6.29. The number of carbonyl (C=O) groups is 1. The Morgan fingerprint density at radius 3 is 1.70 bits per heavy atom. The van der Waals surface area contributed by atoms with Gasteiger partial charge in [0, 0.05) is 5.69 Å². The molecule has 2 rings (SSSR count). The number of nitrogens with one attached hydrogen (secondary N) is 1. The standard InChI is InChI=1S/C18H21NO4/c1-3-21-15-7-5-14(6-8-15)19-18(20)13-23-17-11-9-16(10-12-17)22-4-2/h5-12H,3-4,13H2,1-2H3,(H,19,20). The van der Waals surface area contributed by atoms with E-state index in [9.17, 15) is 4.79 Å². The predicted octanol–water partition coefficient (Wildman–Crippen LogP) is 3.50. The number of anilines is 1. The minimum Gasteiger partial charge on any atom is -0.494 e. The summed E-state index contributed by atoms with van der Waals surface area (Å²) in [5.41, 5.74) is 0.703. The molecule has 23 heavy (non-hydrogen) atoms. The molecular formula is C18H21NO4. The van der Waals surface area contributed by atoms with Gasteiger partial charge in [0.1, 0.15) is 17.2 Å². The predicted molar refractivity (Wildman–Crippen MR) is 89.3 cm³/mol. The molecule has 5 nitrogen and oxygen atoms in total. The van der Waals surface area contributed by atoms with E-state index in [2.05, 4.69) is 5.32 Å². The van der Waals surface area contributed by atoms with Crippen LogP contribution in [0, 0.1) is 0 Å². The summed E-state index contributed by atoms with van der Waals surface area (Å²) in [6.45, 7) is 5.02. The Morgan fingerprint density at radius 1 is 0.783 bits per heavy atom. The van der Waals surface area contributed by atoms with Gasteiger partial charge < -0.3 is 19.5 Å². The van der Waals surface area contributed by atoms with Crippen molar-refractivity contribution in [2.24, 2.45) is 0 Å². The largest absolute Gasteiger partial charge is 0.494 e. The molecule has 0 aliphatic carbocycles. The first-order valence-electron chi connectivity index (χ1n) is 7.59. The molecule has 0 saturated heterocycles. The molecule has 0 aromatic heterocycles. The molecule has 0 atom stereocenters. The van der Waals surface area contributed by atoms with E-state index >= 15 is 0 Å². The molecule has 0 spiro atoms. The lowest BCUT2D eigenvalue weighted by Gasteiger charge is -2.09. The van der Waals surface area contributed by atoms with Crippen molar-refractivity contribution in [1.29, 1.82) is 0 Å². The second-order valence-corrected chi connectivity index (χ2v) is 4.70. The Morgan fingerprint density at radius 2 is 1.22 bits per heavy atom. The topological polar surface area (TPSA) is 56.8 Å². The summed E-state index contributed by atoms with van der Waals surface area (Å²) in [5.74, 6) is 1.95. The third-order valence-corrected chi connectivity index (χ3v) is 2.95. The van der Waals surface area contributed by atoms with Crippen LogP contribution >= 0.6 is 0 Å². The van der Waals surface area contributed by atoms with Crippen LogP contribution in [0.2, 0.25) is 0 Å². The average molecular weight is 315 g/mol. The highest BCUT2D eigenvalue weighted by atomic mass is 16.5. The van der Waals surface area contributed by atoms with Gasteiger partial charge in [-0.05, 0) is 62.4 Å². The lowest BCUT2D eigenvalue weighted by molar-refractivity contribution is -0.118. The SMILES string of the molecule is CCOc1ccc(NC(=O)COc2ccc(OCC)cc2)cc1. The molecule has 2 aromatic carbocycles. The third-order valence-electron chi connectivity index (χ3n) is 2.95. The molecule has 0 unspecified atom stereocenters. The van der Waals surface area contributed by atoms with Gasteiger partial charge in [0.15, 0.2) is 6.61 Å². The Labute approximate surface area is 136 Å². The molecule has 0 bridgehead atoms. The van der Waals surface area contributed by atoms with Crippen LogP contribution in [0.25, 0.3) is 0 Å². The fourth-order valence-electron chi connectivity index (χ4n) is 1.95. The van der Waals surface area contributed by atoms with E-state index in [0.717, 1.165) is 11.5 Å². The second kappa shape index (κ2) is 8.68. The first kappa shape index (κ1) is 16.7. The van der Waals surface area contributed by atoms with E-state index in [1.165, 1.54) is 0 Å². The van der Waals surface area contributed by atoms with Crippen molar-refractivity contribution < 1.29 is 19.0 Å². The van der Waals surface area contributed by atoms with E-state index in [0.29, 0.717) is 24.7 Å². The van der Waals surface area contributed by atoms with Gasteiger partial charge in [-0.15, -0.1) is 0 Å². The zero-order valence-corrected chi connectivity index (χ0v) is 13.4. The van der Waals surface area contributed by atoms with Crippen molar-refractivity contribution in [1.82, 2.24) is 0 Å². The van der Waals surface area contributed by atoms with E-state index in [-0.39, 0.29) is 12.5 Å². The zero-order chi connectivity index (χ0) is 16.5. The van der Waals surface area contributed by atoms with E-state index < -0.39 is 0 Å². The molecule has 122 valence electrons. The number of benzene rings is 2. The summed E-state index contributed by atoms with van der Waals surface area (Å²) in [7, 11) is 0. The smallest absolute Gasteiger partial charge is 0.262 e. The van der Waals surface area contributed by atoms with Crippen LogP contribution in [0.15, 0.2) is 48.5 Å². The van der Waals surface area contributed by atoms with Gasteiger partial charge in [0.2, 0.25) is 0 Å². The molecule has 0 heterocycles. The van der Waals surface area contributed by atoms with Crippen LogP contribution in [0.1, 0.15) is 13.8 Å². The maximum atomic E-state index is 11.9. The normalized spacial score (nSPS) is 10.0. The third kappa shape index (κ3) is 5.54. The van der Waals surface area contributed by atoms with Crippen molar-refractivity contribution in [3.63, 3.8) is 0 Å². The lowest BCUT2D eigenvalue weighted by Crippen LogP contribution is -2.20. The Balaban J connectivity index is 1.80. The van der Waals surface area contributed by atoms with Crippen LogP contribution in [0.5, 0.6) is 17.2 Å². The molecule has 0 fully saturated rings. The van der Waals surface area contributed by atoms with Crippen molar-refractivity contribution in [2.45, 2.75) is 13.8 Å². The van der Waals surface area contributed by atoms with Crippen LogP contribution < -0.4 is 19.5 Å². The number of hydrogen-bond acceptors (Lipinski definition) is 4. The molecule has 0 aliphatic rings. The minimum atomic E-state index is -0.219. The number of carbonyl (C=O) groups excluding carboxylic acids is 1. The van der Waals surface area contributed by atoms with E-state index in [1.807, 2.05) is 38.1 Å². The summed E-state index contributed by atoms with van der Waals surface area (Å²) in [5, 5.41) is 2.77. The van der Waals surface area contributed by atoms with Crippen molar-refractivity contribution in [2.75, 3.05) is 25.1 Å². The molecule has 2 aromatic rings. The van der Waals surface area contributed by atoms with Crippen molar-refractivity contribution in [3.05, 3.63) is 48.5 Å². The van der Waals surface area contributed by atoms with Gasteiger partial charge in [-0.2, -0.15) is 0 Å². The monoisotopic (exact) mass is 315 g/mol. The zero-order valence-electron chi connectivity index (χ0n) is 13.4. The van der Waals surface area contributed by atoms with Gasteiger partial charge >= 0.3 is 0 Å². The van der Waals surface area contributed by atoms with Crippen molar-refractivity contribution >= 4 is 11.6 Å². The number of ether oxygens (including phenoxy) is 3. The lowest BCUT2D eigenvalue weighted by atomic mass is 10.3. The highest BCUT2D eigenvalue weighted by Gasteiger charge is 2.04. The number of hydrogen-bond donors (Lipinski definition) is 1. The molecule has 0 aliphatic heterocycles. The van der Waals surface area contributed by atoms with E-state index in [1.54, 1.807) is 24.3 Å². The summed E-state index contributed by atoms with van der Waals surface area (Å²) in [6, 6.07) is 14.4. The summed E-state index contributed by atoms with van der Waals surface area (Å²) in [4.78, 5) is 11.9. The highest BCUT2D eigenvalue weighted by molar-refractivity contribution is 5.91. The van der Waals surface area contributed by atoms with Gasteiger partial charge in [0.05, 0.1) is 13.2 Å². The van der Waals surface area contributed by atoms with Gasteiger partial charge in [-0.3, -0.25) is 4.79 Å². The number of amides is 1. The maximum absolute atomic E-state index is 11.9. The van der Waals surface area contributed by atoms with Crippen LogP contribution in [0.3, 0.4) is 0 Å². The van der Waals surface area contributed by atoms with Crippen molar-refractivity contribution in [3.8, 4) is 17.2 Å². The first-order chi connectivity index (χ1) is 11.2. The minimum absolute atomic E-state index is 0.0544. The maximum Gasteiger partial charge on any atom is 0.262 e. The molecule has 1 N–H and O–H groups in total. The van der Waals surface area contributed by atoms with Crippen LogP contribution in [-0.4, -0.2) is 25.7 Å². The molecular weight excluding hydrogens is 294 g/mol. The van der Waals surface area contributed by atoms with Crippen LogP contribution in [-0.2, 0) is 4.79 Å². The van der Waals surface area contributed by atoms with Gasteiger partial charge in [-0.1, -0.05) is 0 Å². The summed E-state index contributed by atoms with van der Waals surface area (Å²) < 4.78 is 16.1. The second-order valence-electron chi connectivity index (χ2n) is 4.70. The molecule has 0 saturated carbocycles. The Bertz CT molecular complexity index is 608. The van der Waals surface area contributed by atoms with E-state index in [4.69, 9.17) is 14.2 Å². The summed E-state index contributed by atoms with van der Waals surface area (Å²) in [6.07, 6.45) is 0. The van der Waals surface area contributed by atoms with Gasteiger partial charge in [-0.25, -0.2) is 0 Å². The average Bonchev–Trinajstić information content (AvgIpc) is 2.57. The molecule has 1 amide bonds. The quantitative estimate of drug-likeness (QED) is 0.810. The summed E-state index contributed by atoms with van der Waals surface area (Å²) >= 11 is 0. The molecule has 5 heteroatoms. The fraction of sp³-hybridized carbons (Fsp3) is 0.278. The van der Waals surface area contributed by atoms with Gasteiger partial charge in [0.25, 0.3) is 5.91 Å². The first-order valence-corrected chi connectivity index (χ1v) is 7.59. The highest BCUT2D eigenvalue weighted by Crippen LogP contribution is 2.18. The molecule has 0 radical (unpaired) electrons. The number of rotatable bonds is 8. The fourth-order valence-corrected chi connectivity index (χ4v) is 1.95.